The van der Waals surface area contributed by atoms with Gasteiger partial charge in [-0.05, 0) is 30.9 Å². The van der Waals surface area contributed by atoms with Gasteiger partial charge in [0.25, 0.3) is 0 Å². The van der Waals surface area contributed by atoms with Gasteiger partial charge in [-0.3, -0.25) is 4.99 Å². The highest BCUT2D eigenvalue weighted by molar-refractivity contribution is 14.0. The van der Waals surface area contributed by atoms with Crippen molar-refractivity contribution >= 4 is 29.9 Å². The molecule has 3 atom stereocenters. The smallest absolute Gasteiger partial charge is 0.191 e. The summed E-state index contributed by atoms with van der Waals surface area (Å²) in [6, 6.07) is 7.16. The van der Waals surface area contributed by atoms with E-state index in [9.17, 15) is 9.50 Å². The molecule has 5 nitrogen and oxygen atoms in total. The minimum atomic E-state index is -0.139. The second kappa shape index (κ2) is 9.14. The first-order valence-electron chi connectivity index (χ1n) is 8.58. The predicted molar refractivity (Wildman–Crippen MR) is 107 cm³/mol. The zero-order valence-corrected chi connectivity index (χ0v) is 16.8. The molecule has 1 heterocycles. The molecule has 7 heteroatoms. The van der Waals surface area contributed by atoms with Gasteiger partial charge in [-0.2, -0.15) is 0 Å². The van der Waals surface area contributed by atoms with Gasteiger partial charge >= 0.3 is 0 Å². The number of nitrogens with zero attached hydrogens (tertiary/aromatic N) is 1. The van der Waals surface area contributed by atoms with Gasteiger partial charge in [-0.25, -0.2) is 4.39 Å². The summed E-state index contributed by atoms with van der Waals surface area (Å²) in [5.41, 5.74) is 0.743. The fraction of sp³-hybridized carbons (Fsp3) is 0.611. The van der Waals surface area contributed by atoms with Crippen molar-refractivity contribution in [3.63, 3.8) is 0 Å². The van der Waals surface area contributed by atoms with Gasteiger partial charge in [0.2, 0.25) is 0 Å². The highest BCUT2D eigenvalue weighted by Gasteiger charge is 2.41. The van der Waals surface area contributed by atoms with E-state index in [4.69, 9.17) is 4.74 Å². The third kappa shape index (κ3) is 5.04. The SMILES string of the molecule is CN=C(NCC1(CCO)CCOC1)NC1CC1c1ccccc1F.I. The lowest BCUT2D eigenvalue weighted by molar-refractivity contribution is 0.127. The number of guanidine groups is 1. The topological polar surface area (TPSA) is 65.9 Å². The first-order chi connectivity index (χ1) is 11.7. The molecule has 3 N–H and O–H groups in total. The molecule has 0 aromatic heterocycles. The molecule has 0 spiro atoms. The Bertz CT molecular complexity index is 593. The lowest BCUT2D eigenvalue weighted by Crippen LogP contribution is -2.45. The number of hydrogen-bond acceptors (Lipinski definition) is 3. The minimum Gasteiger partial charge on any atom is -0.396 e. The standard InChI is InChI=1S/C18H26FN3O2.HI/c1-20-17(21-11-18(6-8-23)7-9-24-12-18)22-16-10-14(16)13-4-2-3-5-15(13)19;/h2-5,14,16,23H,6-12H2,1H3,(H2,20,21,22);1H. The third-order valence-corrected chi connectivity index (χ3v) is 5.10. The second-order valence-corrected chi connectivity index (χ2v) is 6.82. The molecule has 1 saturated carbocycles. The van der Waals surface area contributed by atoms with Crippen LogP contribution in [0.3, 0.4) is 0 Å². The van der Waals surface area contributed by atoms with Crippen molar-refractivity contribution in [2.45, 2.75) is 31.2 Å². The molecule has 1 aliphatic carbocycles. The molecule has 0 bridgehead atoms. The van der Waals surface area contributed by atoms with Gasteiger partial charge in [0, 0.05) is 44.2 Å². The Morgan fingerprint density at radius 2 is 2.24 bits per heavy atom. The maximum absolute atomic E-state index is 13.8. The van der Waals surface area contributed by atoms with E-state index in [1.807, 2.05) is 12.1 Å². The Kier molecular flexibility index (Phi) is 7.45. The summed E-state index contributed by atoms with van der Waals surface area (Å²) < 4.78 is 19.4. The largest absolute Gasteiger partial charge is 0.396 e. The monoisotopic (exact) mass is 463 g/mol. The van der Waals surface area contributed by atoms with E-state index in [1.54, 1.807) is 13.1 Å². The molecule has 2 aliphatic rings. The molecule has 25 heavy (non-hydrogen) atoms. The third-order valence-electron chi connectivity index (χ3n) is 5.10. The number of aliphatic imine (C=N–C) groups is 1. The van der Waals surface area contributed by atoms with Gasteiger partial charge in [0.1, 0.15) is 5.82 Å². The van der Waals surface area contributed by atoms with Crippen molar-refractivity contribution in [3.8, 4) is 0 Å². The Morgan fingerprint density at radius 1 is 1.44 bits per heavy atom. The number of aliphatic hydroxyl groups is 1. The molecule has 1 aliphatic heterocycles. The van der Waals surface area contributed by atoms with E-state index in [0.29, 0.717) is 13.2 Å². The van der Waals surface area contributed by atoms with Crippen LogP contribution < -0.4 is 10.6 Å². The first-order valence-corrected chi connectivity index (χ1v) is 8.58. The zero-order chi connectivity index (χ0) is 17.0. The summed E-state index contributed by atoms with van der Waals surface area (Å²) in [4.78, 5) is 4.27. The van der Waals surface area contributed by atoms with E-state index in [2.05, 4.69) is 15.6 Å². The lowest BCUT2D eigenvalue weighted by atomic mass is 9.84. The van der Waals surface area contributed by atoms with Gasteiger partial charge in [-0.1, -0.05) is 18.2 Å². The van der Waals surface area contributed by atoms with Crippen molar-refractivity contribution in [1.82, 2.24) is 10.6 Å². The first kappa shape index (κ1) is 20.4. The summed E-state index contributed by atoms with van der Waals surface area (Å²) in [5, 5.41) is 16.0. The van der Waals surface area contributed by atoms with E-state index in [-0.39, 0.29) is 53.8 Å². The number of ether oxygens (including phenoxy) is 1. The van der Waals surface area contributed by atoms with Crippen LogP contribution in [0.5, 0.6) is 0 Å². The number of aliphatic hydroxyl groups excluding tert-OH is 1. The van der Waals surface area contributed by atoms with E-state index < -0.39 is 0 Å². The minimum absolute atomic E-state index is 0. The van der Waals surface area contributed by atoms with Crippen molar-refractivity contribution in [2.24, 2.45) is 10.4 Å². The van der Waals surface area contributed by atoms with Crippen LogP contribution in [0, 0.1) is 11.2 Å². The second-order valence-electron chi connectivity index (χ2n) is 6.82. The predicted octanol–water partition coefficient (Wildman–Crippen LogP) is 2.25. The molecule has 3 rings (SSSR count). The quantitative estimate of drug-likeness (QED) is 0.344. The zero-order valence-electron chi connectivity index (χ0n) is 14.5. The van der Waals surface area contributed by atoms with Gasteiger partial charge < -0.3 is 20.5 Å². The van der Waals surface area contributed by atoms with E-state index in [1.165, 1.54) is 6.07 Å². The van der Waals surface area contributed by atoms with Gasteiger partial charge in [0.05, 0.1) is 6.61 Å². The van der Waals surface area contributed by atoms with Crippen LogP contribution in [0.1, 0.15) is 30.7 Å². The molecule has 0 radical (unpaired) electrons. The Morgan fingerprint density at radius 3 is 2.88 bits per heavy atom. The fourth-order valence-electron chi connectivity index (χ4n) is 3.43. The molecule has 2 fully saturated rings. The van der Waals surface area contributed by atoms with Crippen LogP contribution in [-0.4, -0.2) is 50.5 Å². The van der Waals surface area contributed by atoms with Gasteiger partial charge in [-0.15, -0.1) is 24.0 Å². The number of nitrogens with one attached hydrogen (secondary N) is 2. The summed E-state index contributed by atoms with van der Waals surface area (Å²) in [6.07, 6.45) is 2.57. The number of halogens is 2. The van der Waals surface area contributed by atoms with Crippen LogP contribution in [0.4, 0.5) is 4.39 Å². The van der Waals surface area contributed by atoms with Crippen LogP contribution in [0.15, 0.2) is 29.3 Å². The molecule has 1 saturated heterocycles. The lowest BCUT2D eigenvalue weighted by Gasteiger charge is -2.27. The Hall–Kier alpha value is -0.930. The summed E-state index contributed by atoms with van der Waals surface area (Å²) in [5.74, 6) is 0.786. The molecule has 1 aromatic rings. The Balaban J connectivity index is 0.00000225. The summed E-state index contributed by atoms with van der Waals surface area (Å²) in [7, 11) is 1.74. The van der Waals surface area contributed by atoms with E-state index in [0.717, 1.165) is 37.4 Å². The molecule has 1 aromatic carbocycles. The average Bonchev–Trinajstić information content (AvgIpc) is 3.19. The highest BCUT2D eigenvalue weighted by atomic mass is 127. The van der Waals surface area contributed by atoms with Crippen LogP contribution in [0.25, 0.3) is 0 Å². The normalized spacial score (nSPS) is 28.4. The molecular weight excluding hydrogens is 436 g/mol. The van der Waals surface area contributed by atoms with Crippen molar-refractivity contribution in [3.05, 3.63) is 35.6 Å². The Labute approximate surface area is 165 Å². The maximum atomic E-state index is 13.8. The number of benzene rings is 1. The van der Waals surface area contributed by atoms with Crippen molar-refractivity contribution in [1.29, 1.82) is 0 Å². The fourth-order valence-corrected chi connectivity index (χ4v) is 3.43. The molecule has 140 valence electrons. The van der Waals surface area contributed by atoms with Crippen LogP contribution in [-0.2, 0) is 4.74 Å². The van der Waals surface area contributed by atoms with Crippen molar-refractivity contribution < 1.29 is 14.2 Å². The summed E-state index contributed by atoms with van der Waals surface area (Å²) >= 11 is 0. The molecular formula is C18H27FIN3O2. The van der Waals surface area contributed by atoms with E-state index >= 15 is 0 Å². The van der Waals surface area contributed by atoms with Gasteiger partial charge in [0.15, 0.2) is 5.96 Å². The van der Waals surface area contributed by atoms with Crippen LogP contribution >= 0.6 is 24.0 Å². The van der Waals surface area contributed by atoms with Crippen molar-refractivity contribution in [2.75, 3.05) is 33.4 Å². The number of rotatable bonds is 6. The molecule has 0 amide bonds. The summed E-state index contributed by atoms with van der Waals surface area (Å²) in [6.45, 7) is 2.28. The van der Waals surface area contributed by atoms with Crippen LogP contribution in [0.2, 0.25) is 0 Å². The maximum Gasteiger partial charge on any atom is 0.191 e. The molecule has 3 unspecified atom stereocenters. The average molecular weight is 463 g/mol. The number of hydrogen-bond donors (Lipinski definition) is 3. The highest BCUT2D eigenvalue weighted by Crippen LogP contribution is 2.41.